The Morgan fingerprint density at radius 2 is 2.11 bits per heavy atom. The Hall–Kier alpha value is -1.16. The number of hydrogen-bond donors (Lipinski definition) is 1. The maximum Gasteiger partial charge on any atom is 0.274 e. The van der Waals surface area contributed by atoms with Gasteiger partial charge in [-0.2, -0.15) is 0 Å². The zero-order chi connectivity index (χ0) is 13.3. The predicted molar refractivity (Wildman–Crippen MR) is 67.3 cm³/mol. The smallest absolute Gasteiger partial charge is 0.274 e. The molecule has 0 saturated carbocycles. The highest BCUT2D eigenvalue weighted by molar-refractivity contribution is 5.48. The number of benzene rings is 1. The number of aryl methyl sites for hydroxylation is 1. The van der Waals surface area contributed by atoms with Crippen LogP contribution in [0.4, 0.5) is 8.78 Å². The molecule has 1 aromatic carbocycles. The minimum absolute atomic E-state index is 0.0197. The predicted octanol–water partition coefficient (Wildman–Crippen LogP) is 3.54. The lowest BCUT2D eigenvalue weighted by molar-refractivity contribution is 0.0148. The number of ether oxygens (including phenoxy) is 1. The van der Waals surface area contributed by atoms with Crippen LogP contribution < -0.4 is 10.1 Å². The molecule has 2 rings (SSSR count). The fourth-order valence-electron chi connectivity index (χ4n) is 2.56. The molecule has 0 radical (unpaired) electrons. The van der Waals surface area contributed by atoms with Crippen molar-refractivity contribution in [2.24, 2.45) is 0 Å². The zero-order valence-electron chi connectivity index (χ0n) is 11.0. The Labute approximate surface area is 106 Å². The molecule has 1 saturated heterocycles. The molecular formula is C14H19F2NO. The standard InChI is InChI=1S/C14H19F2NO/c1-9-7-10(12-5-4-6-17-12)13(18-3)11(8-9)14(2,15)16/h7-8,12,17H,4-6H2,1-3H3. The highest BCUT2D eigenvalue weighted by atomic mass is 19.3. The van der Waals surface area contributed by atoms with E-state index < -0.39 is 5.92 Å². The molecule has 0 amide bonds. The molecule has 1 N–H and O–H groups in total. The Balaban J connectivity index is 2.54. The van der Waals surface area contributed by atoms with Crippen molar-refractivity contribution in [3.63, 3.8) is 0 Å². The third-order valence-corrected chi connectivity index (χ3v) is 3.37. The second kappa shape index (κ2) is 4.84. The third kappa shape index (κ3) is 2.48. The Morgan fingerprint density at radius 1 is 1.39 bits per heavy atom. The number of alkyl halides is 2. The van der Waals surface area contributed by atoms with Crippen molar-refractivity contribution in [2.75, 3.05) is 13.7 Å². The molecule has 1 heterocycles. The van der Waals surface area contributed by atoms with E-state index in [1.807, 2.05) is 13.0 Å². The number of halogens is 2. The first kappa shape index (κ1) is 13.3. The molecule has 1 aromatic rings. The van der Waals surface area contributed by atoms with Crippen LogP contribution in [0.25, 0.3) is 0 Å². The molecule has 18 heavy (non-hydrogen) atoms. The minimum atomic E-state index is -2.88. The summed E-state index contributed by atoms with van der Waals surface area (Å²) in [5.41, 5.74) is 1.68. The van der Waals surface area contributed by atoms with Gasteiger partial charge in [0, 0.05) is 18.5 Å². The van der Waals surface area contributed by atoms with Crippen molar-refractivity contribution in [1.82, 2.24) is 5.32 Å². The maximum absolute atomic E-state index is 13.6. The van der Waals surface area contributed by atoms with E-state index in [4.69, 9.17) is 4.74 Å². The normalized spacial score (nSPS) is 20.2. The van der Waals surface area contributed by atoms with E-state index in [2.05, 4.69) is 5.32 Å². The molecule has 2 nitrogen and oxygen atoms in total. The van der Waals surface area contributed by atoms with Crippen LogP contribution in [-0.2, 0) is 5.92 Å². The van der Waals surface area contributed by atoms with Crippen LogP contribution in [0.15, 0.2) is 12.1 Å². The van der Waals surface area contributed by atoms with Gasteiger partial charge in [-0.1, -0.05) is 11.6 Å². The quantitative estimate of drug-likeness (QED) is 0.892. The minimum Gasteiger partial charge on any atom is -0.496 e. The zero-order valence-corrected chi connectivity index (χ0v) is 11.0. The molecular weight excluding hydrogens is 236 g/mol. The monoisotopic (exact) mass is 255 g/mol. The first-order chi connectivity index (χ1) is 8.43. The summed E-state index contributed by atoms with van der Waals surface area (Å²) in [6.07, 6.45) is 2.04. The summed E-state index contributed by atoms with van der Waals surface area (Å²) >= 11 is 0. The summed E-state index contributed by atoms with van der Waals surface area (Å²) in [5.74, 6) is -2.56. The molecule has 1 aliphatic rings. The van der Waals surface area contributed by atoms with Gasteiger partial charge in [0.25, 0.3) is 5.92 Å². The second-order valence-corrected chi connectivity index (χ2v) is 4.97. The second-order valence-electron chi connectivity index (χ2n) is 4.97. The van der Waals surface area contributed by atoms with Gasteiger partial charge in [0.05, 0.1) is 12.7 Å². The molecule has 1 fully saturated rings. The fourth-order valence-corrected chi connectivity index (χ4v) is 2.56. The summed E-state index contributed by atoms with van der Waals surface area (Å²) in [6, 6.07) is 3.58. The van der Waals surface area contributed by atoms with E-state index in [0.717, 1.165) is 37.4 Å². The van der Waals surface area contributed by atoms with Crippen molar-refractivity contribution in [2.45, 2.75) is 38.7 Å². The van der Waals surface area contributed by atoms with Crippen molar-refractivity contribution in [3.8, 4) is 5.75 Å². The van der Waals surface area contributed by atoms with Crippen LogP contribution in [0.1, 0.15) is 42.5 Å². The van der Waals surface area contributed by atoms with Gasteiger partial charge in [-0.25, -0.2) is 8.78 Å². The highest BCUT2D eigenvalue weighted by Crippen LogP contribution is 2.41. The average molecular weight is 255 g/mol. The van der Waals surface area contributed by atoms with Crippen LogP contribution in [0.3, 0.4) is 0 Å². The molecule has 0 bridgehead atoms. The number of rotatable bonds is 3. The van der Waals surface area contributed by atoms with Gasteiger partial charge in [-0.15, -0.1) is 0 Å². The summed E-state index contributed by atoms with van der Waals surface area (Å²) < 4.78 is 32.5. The van der Waals surface area contributed by atoms with E-state index >= 15 is 0 Å². The summed E-state index contributed by atoms with van der Waals surface area (Å²) in [6.45, 7) is 3.68. The highest BCUT2D eigenvalue weighted by Gasteiger charge is 2.32. The van der Waals surface area contributed by atoms with E-state index in [1.165, 1.54) is 13.2 Å². The van der Waals surface area contributed by atoms with Crippen molar-refractivity contribution in [1.29, 1.82) is 0 Å². The van der Waals surface area contributed by atoms with Crippen LogP contribution in [0.2, 0.25) is 0 Å². The maximum atomic E-state index is 13.6. The Kier molecular flexibility index (Phi) is 3.57. The van der Waals surface area contributed by atoms with Gasteiger partial charge in [-0.05, 0) is 32.4 Å². The number of methoxy groups -OCH3 is 1. The lowest BCUT2D eigenvalue weighted by Gasteiger charge is -2.22. The van der Waals surface area contributed by atoms with E-state index in [9.17, 15) is 8.78 Å². The Bertz CT molecular complexity index is 434. The molecule has 1 atom stereocenters. The largest absolute Gasteiger partial charge is 0.496 e. The van der Waals surface area contributed by atoms with Crippen molar-refractivity contribution < 1.29 is 13.5 Å². The van der Waals surface area contributed by atoms with Gasteiger partial charge in [0.2, 0.25) is 0 Å². The summed E-state index contributed by atoms with van der Waals surface area (Å²) in [4.78, 5) is 0. The average Bonchev–Trinajstić information content (AvgIpc) is 2.80. The first-order valence-corrected chi connectivity index (χ1v) is 6.23. The summed E-state index contributed by atoms with van der Waals surface area (Å²) in [7, 11) is 1.46. The Morgan fingerprint density at radius 3 is 2.61 bits per heavy atom. The van der Waals surface area contributed by atoms with Crippen LogP contribution in [0.5, 0.6) is 5.75 Å². The van der Waals surface area contributed by atoms with Crippen molar-refractivity contribution >= 4 is 0 Å². The molecule has 0 spiro atoms. The number of nitrogens with one attached hydrogen (secondary N) is 1. The summed E-state index contributed by atoms with van der Waals surface area (Å²) in [5, 5.41) is 3.33. The van der Waals surface area contributed by atoms with Gasteiger partial charge in [-0.3, -0.25) is 0 Å². The lowest BCUT2D eigenvalue weighted by atomic mass is 9.95. The fraction of sp³-hybridized carbons (Fsp3) is 0.571. The van der Waals surface area contributed by atoms with E-state index in [-0.39, 0.29) is 11.6 Å². The van der Waals surface area contributed by atoms with Gasteiger partial charge in [0.1, 0.15) is 5.75 Å². The molecule has 100 valence electrons. The SMILES string of the molecule is COc1c(C2CCCN2)cc(C)cc1C(C)(F)F. The molecule has 1 unspecified atom stereocenters. The van der Waals surface area contributed by atoms with Gasteiger partial charge < -0.3 is 10.1 Å². The van der Waals surface area contributed by atoms with Crippen molar-refractivity contribution in [3.05, 3.63) is 28.8 Å². The van der Waals surface area contributed by atoms with Crippen LogP contribution in [0, 0.1) is 6.92 Å². The van der Waals surface area contributed by atoms with E-state index in [0.29, 0.717) is 5.75 Å². The van der Waals surface area contributed by atoms with Crippen LogP contribution in [-0.4, -0.2) is 13.7 Å². The van der Waals surface area contributed by atoms with Gasteiger partial charge >= 0.3 is 0 Å². The lowest BCUT2D eigenvalue weighted by Crippen LogP contribution is -2.17. The molecule has 0 aromatic heterocycles. The number of hydrogen-bond acceptors (Lipinski definition) is 2. The molecule has 0 aliphatic carbocycles. The topological polar surface area (TPSA) is 21.3 Å². The first-order valence-electron chi connectivity index (χ1n) is 6.23. The van der Waals surface area contributed by atoms with E-state index in [1.54, 1.807) is 0 Å². The molecule has 4 heteroatoms. The third-order valence-electron chi connectivity index (χ3n) is 3.37. The van der Waals surface area contributed by atoms with Gasteiger partial charge in [0.15, 0.2) is 0 Å². The molecule has 1 aliphatic heterocycles. The van der Waals surface area contributed by atoms with Crippen LogP contribution >= 0.6 is 0 Å².